The van der Waals surface area contributed by atoms with E-state index >= 15 is 0 Å². The van der Waals surface area contributed by atoms with Gasteiger partial charge in [0.25, 0.3) is 5.91 Å². The van der Waals surface area contributed by atoms with Gasteiger partial charge in [0, 0.05) is 13.0 Å². The number of benzene rings is 4. The number of aliphatic hydroxyl groups is 4. The van der Waals surface area contributed by atoms with Crippen LogP contribution in [0.5, 0.6) is 5.75 Å². The first-order valence-electron chi connectivity index (χ1n) is 19.5. The third-order valence-electron chi connectivity index (χ3n) is 9.21. The van der Waals surface area contributed by atoms with Crippen molar-refractivity contribution in [2.24, 2.45) is 0 Å². The largest absolute Gasteiger partial charge is 0.497 e. The second-order valence-corrected chi connectivity index (χ2v) is 15.0. The number of hydrogen-bond donors (Lipinski definition) is 7. The van der Waals surface area contributed by atoms with Crippen LogP contribution in [0.2, 0.25) is 0 Å². The first kappa shape index (κ1) is 46.8. The zero-order valence-corrected chi connectivity index (χ0v) is 34.1. The first-order valence-corrected chi connectivity index (χ1v) is 19.5. The van der Waals surface area contributed by atoms with E-state index in [-0.39, 0.29) is 26.1 Å². The number of rotatable bonds is 21. The van der Waals surface area contributed by atoms with E-state index < -0.39 is 78.6 Å². The summed E-state index contributed by atoms with van der Waals surface area (Å²) in [6, 6.07) is 29.9. The minimum absolute atomic E-state index is 0.0109. The lowest BCUT2D eigenvalue weighted by molar-refractivity contribution is -0.149. The highest BCUT2D eigenvalue weighted by Crippen LogP contribution is 2.28. The van der Waals surface area contributed by atoms with Gasteiger partial charge in [-0.15, -0.1) is 0 Å². The molecule has 15 heteroatoms. The second kappa shape index (κ2) is 23.1. The van der Waals surface area contributed by atoms with Gasteiger partial charge in [-0.25, -0.2) is 4.79 Å². The fraction of sp³-hybridized carbons (Fsp3) is 0.378. The van der Waals surface area contributed by atoms with E-state index in [9.17, 15) is 39.6 Å². The molecule has 4 aromatic carbocycles. The molecule has 0 aliphatic rings. The number of aliphatic hydroxyl groups excluding tert-OH is 4. The maximum absolute atomic E-state index is 13.5. The summed E-state index contributed by atoms with van der Waals surface area (Å²) in [4.78, 5) is 53.2. The van der Waals surface area contributed by atoms with Gasteiger partial charge < -0.3 is 55.3 Å². The number of carbonyl (C=O) groups is 4. The van der Waals surface area contributed by atoms with Crippen molar-refractivity contribution < 1.29 is 58.6 Å². The highest BCUT2D eigenvalue weighted by atomic mass is 16.6. The molecule has 6 unspecified atom stereocenters. The highest BCUT2D eigenvalue weighted by molar-refractivity contribution is 5.86. The number of esters is 1. The Morgan fingerprint density at radius 3 is 1.75 bits per heavy atom. The van der Waals surface area contributed by atoms with Crippen LogP contribution in [0.1, 0.15) is 68.0 Å². The van der Waals surface area contributed by atoms with E-state index in [0.717, 1.165) is 16.7 Å². The summed E-state index contributed by atoms with van der Waals surface area (Å²) in [6.45, 7) is 4.16. The van der Waals surface area contributed by atoms with Gasteiger partial charge in [0.2, 0.25) is 5.91 Å². The fourth-order valence-electron chi connectivity index (χ4n) is 6.06. The van der Waals surface area contributed by atoms with Crippen molar-refractivity contribution in [3.63, 3.8) is 0 Å². The summed E-state index contributed by atoms with van der Waals surface area (Å²) >= 11 is 0. The van der Waals surface area contributed by atoms with Crippen molar-refractivity contribution in [3.05, 3.63) is 138 Å². The van der Waals surface area contributed by atoms with Crippen LogP contribution in [0.3, 0.4) is 0 Å². The van der Waals surface area contributed by atoms with Crippen LogP contribution < -0.4 is 20.7 Å². The molecule has 0 radical (unpaired) electrons. The van der Waals surface area contributed by atoms with Gasteiger partial charge in [0.1, 0.15) is 29.6 Å². The lowest BCUT2D eigenvalue weighted by Crippen LogP contribution is -2.59. The second-order valence-electron chi connectivity index (χ2n) is 15.0. The van der Waals surface area contributed by atoms with Crippen LogP contribution >= 0.6 is 0 Å². The highest BCUT2D eigenvalue weighted by Gasteiger charge is 2.38. The van der Waals surface area contributed by atoms with Crippen LogP contribution in [-0.4, -0.2) is 101 Å². The van der Waals surface area contributed by atoms with E-state index in [0.29, 0.717) is 11.3 Å². The molecule has 0 spiro atoms. The predicted octanol–water partition coefficient (Wildman–Crippen LogP) is 3.64. The van der Waals surface area contributed by atoms with Crippen molar-refractivity contribution in [3.8, 4) is 5.75 Å². The SMILES string of the molecule is COc1ccc(COCCC(NC(=O)OC(C)(C)C)C(=O)NC(CO)C(O)C(O)C(O)C(=O)NC(CC(=O)OC(c2ccccc2)c2ccccc2)c2ccccc2)cc1. The predicted molar refractivity (Wildman–Crippen MR) is 220 cm³/mol. The molecule has 60 heavy (non-hydrogen) atoms. The molecule has 6 atom stereocenters. The zero-order chi connectivity index (χ0) is 43.7. The Hall–Kier alpha value is -5.84. The molecule has 7 N–H and O–H groups in total. The zero-order valence-electron chi connectivity index (χ0n) is 34.1. The standard InChI is InChI=1S/C45H55N3O12/c1-45(2,3)60-44(56)48-34(24-25-58-28-29-20-22-33(57-4)23-21-29)42(54)47-36(27-49)38(51)39(52)40(53)43(55)46-35(30-14-8-5-9-15-30)26-37(50)59-41(31-16-10-6-11-17-31)32-18-12-7-13-19-32/h5-23,34-36,38-41,49,51-53H,24-28H2,1-4H3,(H,46,55)(H,47,54)(H,48,56). The summed E-state index contributed by atoms with van der Waals surface area (Å²) in [5.41, 5.74) is 1.86. The van der Waals surface area contributed by atoms with E-state index in [1.165, 1.54) is 0 Å². The van der Waals surface area contributed by atoms with Crippen molar-refractivity contribution in [1.82, 2.24) is 16.0 Å². The normalized spacial score (nSPS) is 14.4. The maximum Gasteiger partial charge on any atom is 0.408 e. The van der Waals surface area contributed by atoms with Gasteiger partial charge in [-0.2, -0.15) is 0 Å². The van der Waals surface area contributed by atoms with Crippen LogP contribution in [0.25, 0.3) is 0 Å². The van der Waals surface area contributed by atoms with Crippen molar-refractivity contribution in [1.29, 1.82) is 0 Å². The lowest BCUT2D eigenvalue weighted by Gasteiger charge is -2.31. The molecule has 0 bridgehead atoms. The molecule has 0 heterocycles. The number of alkyl carbamates (subject to hydrolysis) is 1. The molecule has 4 aromatic rings. The Morgan fingerprint density at radius 2 is 1.23 bits per heavy atom. The van der Waals surface area contributed by atoms with Crippen molar-refractivity contribution >= 4 is 23.9 Å². The van der Waals surface area contributed by atoms with Gasteiger partial charge >= 0.3 is 12.1 Å². The number of carbonyl (C=O) groups excluding carboxylic acids is 4. The summed E-state index contributed by atoms with van der Waals surface area (Å²) in [7, 11) is 1.55. The molecule has 0 aliphatic carbocycles. The van der Waals surface area contributed by atoms with Crippen LogP contribution in [0, 0.1) is 0 Å². The quantitative estimate of drug-likeness (QED) is 0.0473. The molecule has 0 saturated carbocycles. The monoisotopic (exact) mass is 829 g/mol. The third-order valence-corrected chi connectivity index (χ3v) is 9.21. The summed E-state index contributed by atoms with van der Waals surface area (Å²) < 4.78 is 22.1. The van der Waals surface area contributed by atoms with Gasteiger partial charge in [0.15, 0.2) is 12.2 Å². The lowest BCUT2D eigenvalue weighted by atomic mass is 9.98. The van der Waals surface area contributed by atoms with Crippen molar-refractivity contribution in [2.45, 2.75) is 88.4 Å². The van der Waals surface area contributed by atoms with E-state index in [1.54, 1.807) is 82.5 Å². The Balaban J connectivity index is 1.42. The number of hydrogen-bond acceptors (Lipinski definition) is 12. The van der Waals surface area contributed by atoms with Gasteiger partial charge in [-0.1, -0.05) is 103 Å². The topological polar surface area (TPSA) is 222 Å². The molecule has 15 nitrogen and oxygen atoms in total. The smallest absolute Gasteiger partial charge is 0.408 e. The van der Waals surface area contributed by atoms with Crippen LogP contribution in [0.4, 0.5) is 4.79 Å². The summed E-state index contributed by atoms with van der Waals surface area (Å²) in [5, 5.41) is 50.6. The Bertz CT molecular complexity index is 1890. The molecule has 0 aromatic heterocycles. The van der Waals surface area contributed by atoms with Crippen LogP contribution in [0.15, 0.2) is 115 Å². The number of ether oxygens (including phenoxy) is 4. The Kier molecular flexibility index (Phi) is 18.0. The maximum atomic E-state index is 13.5. The molecule has 322 valence electrons. The summed E-state index contributed by atoms with van der Waals surface area (Å²) in [6.07, 6.45) is -8.74. The number of nitrogens with one attached hydrogen (secondary N) is 3. The average molecular weight is 830 g/mol. The van der Waals surface area contributed by atoms with Gasteiger partial charge in [-0.3, -0.25) is 14.4 Å². The molecule has 0 saturated heterocycles. The van der Waals surface area contributed by atoms with E-state index in [4.69, 9.17) is 18.9 Å². The fourth-order valence-corrected chi connectivity index (χ4v) is 6.06. The molecule has 0 aliphatic heterocycles. The minimum Gasteiger partial charge on any atom is -0.497 e. The molecule has 3 amide bonds. The minimum atomic E-state index is -2.29. The molecule has 0 fully saturated rings. The van der Waals surface area contributed by atoms with Crippen LogP contribution in [-0.2, 0) is 35.2 Å². The van der Waals surface area contributed by atoms with Gasteiger partial charge in [-0.05, 0) is 55.2 Å². The Morgan fingerprint density at radius 1 is 0.683 bits per heavy atom. The third kappa shape index (κ3) is 14.8. The molecular weight excluding hydrogens is 775 g/mol. The van der Waals surface area contributed by atoms with E-state index in [2.05, 4.69) is 16.0 Å². The number of methoxy groups -OCH3 is 1. The van der Waals surface area contributed by atoms with Crippen molar-refractivity contribution in [2.75, 3.05) is 20.3 Å². The van der Waals surface area contributed by atoms with E-state index in [1.807, 2.05) is 60.7 Å². The average Bonchev–Trinajstić information content (AvgIpc) is 3.25. The molecule has 4 rings (SSSR count). The summed E-state index contributed by atoms with van der Waals surface area (Å²) in [5.74, 6) is -2.06. The first-order chi connectivity index (χ1) is 28.7. The Labute approximate surface area is 349 Å². The van der Waals surface area contributed by atoms with Gasteiger partial charge in [0.05, 0.1) is 38.8 Å². The molecular formula is C45H55N3O12. The number of amides is 3.